The lowest BCUT2D eigenvalue weighted by molar-refractivity contribution is -0.120. The number of nitrogens with one attached hydrogen (secondary N) is 1. The molecular formula is C13H14N2O2. The van der Waals surface area contributed by atoms with Gasteiger partial charge in [-0.25, -0.2) is 4.98 Å². The Morgan fingerprint density at radius 3 is 2.82 bits per heavy atom. The van der Waals surface area contributed by atoms with Gasteiger partial charge < -0.3 is 9.73 Å². The quantitative estimate of drug-likeness (QED) is 0.848. The van der Waals surface area contributed by atoms with E-state index in [1.807, 2.05) is 30.3 Å². The third-order valence-electron chi connectivity index (χ3n) is 2.40. The summed E-state index contributed by atoms with van der Waals surface area (Å²) in [5.74, 6) is -0.0326. The van der Waals surface area contributed by atoms with E-state index in [2.05, 4.69) is 10.3 Å². The van der Waals surface area contributed by atoms with Crippen LogP contribution >= 0.6 is 0 Å². The van der Waals surface area contributed by atoms with Crippen molar-refractivity contribution < 1.29 is 9.21 Å². The summed E-state index contributed by atoms with van der Waals surface area (Å²) in [6.07, 6.45) is 3.92. The Hall–Kier alpha value is -2.10. The monoisotopic (exact) mass is 230 g/mol. The zero-order valence-corrected chi connectivity index (χ0v) is 9.43. The molecule has 17 heavy (non-hydrogen) atoms. The molecule has 1 amide bonds. The van der Waals surface area contributed by atoms with Crippen LogP contribution in [-0.4, -0.2) is 17.4 Å². The predicted molar refractivity (Wildman–Crippen MR) is 63.4 cm³/mol. The topological polar surface area (TPSA) is 55.1 Å². The minimum Gasteiger partial charge on any atom is -0.451 e. The van der Waals surface area contributed by atoms with Crippen molar-refractivity contribution in [3.8, 4) is 0 Å². The van der Waals surface area contributed by atoms with Crippen LogP contribution in [0.2, 0.25) is 0 Å². The van der Waals surface area contributed by atoms with Crippen LogP contribution in [0.4, 0.5) is 0 Å². The first-order chi connectivity index (χ1) is 8.34. The molecule has 0 radical (unpaired) electrons. The molecule has 88 valence electrons. The molecule has 0 aliphatic rings. The van der Waals surface area contributed by atoms with Gasteiger partial charge in [0.2, 0.25) is 5.91 Å². The zero-order chi connectivity index (χ0) is 11.9. The number of aromatic nitrogens is 1. The van der Waals surface area contributed by atoms with E-state index in [0.29, 0.717) is 12.2 Å². The lowest BCUT2D eigenvalue weighted by Gasteiger charge is -2.03. The van der Waals surface area contributed by atoms with Gasteiger partial charge in [0, 0.05) is 6.54 Å². The third-order valence-corrected chi connectivity index (χ3v) is 2.40. The lowest BCUT2D eigenvalue weighted by atomic mass is 10.1. The average molecular weight is 230 g/mol. The third kappa shape index (κ3) is 3.75. The Kier molecular flexibility index (Phi) is 3.91. The van der Waals surface area contributed by atoms with Gasteiger partial charge in [-0.1, -0.05) is 30.3 Å². The Bertz CT molecular complexity index is 452. The molecule has 0 saturated heterocycles. The highest BCUT2D eigenvalue weighted by atomic mass is 16.3. The Balaban J connectivity index is 1.70. The highest BCUT2D eigenvalue weighted by Gasteiger charge is 2.04. The van der Waals surface area contributed by atoms with Gasteiger partial charge in [-0.3, -0.25) is 4.79 Å². The molecule has 0 bridgehead atoms. The normalized spacial score (nSPS) is 10.1. The maximum absolute atomic E-state index is 11.5. The first-order valence-corrected chi connectivity index (χ1v) is 5.52. The number of rotatable bonds is 5. The molecule has 1 heterocycles. The van der Waals surface area contributed by atoms with Crippen molar-refractivity contribution in [2.75, 3.05) is 6.54 Å². The van der Waals surface area contributed by atoms with Crippen LogP contribution in [0.25, 0.3) is 0 Å². The fraction of sp³-hybridized carbons (Fsp3) is 0.231. The van der Waals surface area contributed by atoms with E-state index in [4.69, 9.17) is 4.42 Å². The number of oxazole rings is 1. The van der Waals surface area contributed by atoms with Crippen molar-refractivity contribution in [1.82, 2.24) is 10.3 Å². The lowest BCUT2D eigenvalue weighted by Crippen LogP contribution is -2.27. The zero-order valence-electron chi connectivity index (χ0n) is 9.43. The van der Waals surface area contributed by atoms with Crippen molar-refractivity contribution >= 4 is 5.91 Å². The van der Waals surface area contributed by atoms with Crippen LogP contribution in [0.3, 0.4) is 0 Å². The van der Waals surface area contributed by atoms with Gasteiger partial charge in [-0.2, -0.15) is 0 Å². The summed E-state index contributed by atoms with van der Waals surface area (Å²) in [6.45, 7) is 0.640. The Morgan fingerprint density at radius 1 is 1.29 bits per heavy atom. The Morgan fingerprint density at radius 2 is 2.12 bits per heavy atom. The van der Waals surface area contributed by atoms with Crippen molar-refractivity contribution in [1.29, 1.82) is 0 Å². The second-order valence-corrected chi connectivity index (χ2v) is 3.74. The molecule has 0 saturated carbocycles. The molecular weight excluding hydrogens is 216 g/mol. The van der Waals surface area contributed by atoms with E-state index >= 15 is 0 Å². The number of benzene rings is 1. The van der Waals surface area contributed by atoms with Crippen molar-refractivity contribution in [2.45, 2.75) is 12.8 Å². The molecule has 4 heteroatoms. The van der Waals surface area contributed by atoms with Gasteiger partial charge >= 0.3 is 0 Å². The van der Waals surface area contributed by atoms with Gasteiger partial charge in [-0.05, 0) is 12.0 Å². The number of hydrogen-bond donors (Lipinski definition) is 1. The number of hydrogen-bond acceptors (Lipinski definition) is 3. The molecule has 0 unspecified atom stereocenters. The fourth-order valence-electron chi connectivity index (χ4n) is 1.54. The first-order valence-electron chi connectivity index (χ1n) is 5.52. The Labute approximate surface area is 99.7 Å². The maximum Gasteiger partial charge on any atom is 0.226 e. The maximum atomic E-state index is 11.5. The first kappa shape index (κ1) is 11.4. The molecule has 0 spiro atoms. The summed E-state index contributed by atoms with van der Waals surface area (Å²) < 4.78 is 4.80. The van der Waals surface area contributed by atoms with E-state index in [1.54, 1.807) is 0 Å². The standard InChI is InChI=1S/C13H14N2O2/c16-13(8-12-9-17-10-15-12)14-7-6-11-4-2-1-3-5-11/h1-5,9-10H,6-8H2,(H,14,16). The van der Waals surface area contributed by atoms with Crippen LogP contribution < -0.4 is 5.32 Å². The van der Waals surface area contributed by atoms with Gasteiger partial charge in [0.05, 0.1) is 12.1 Å². The van der Waals surface area contributed by atoms with Gasteiger partial charge in [0.1, 0.15) is 6.26 Å². The molecule has 0 aliphatic carbocycles. The molecule has 2 rings (SSSR count). The number of amides is 1. The SMILES string of the molecule is O=C(Cc1cocn1)NCCc1ccccc1. The average Bonchev–Trinajstić information content (AvgIpc) is 2.83. The molecule has 0 atom stereocenters. The molecule has 0 fully saturated rings. The van der Waals surface area contributed by atoms with E-state index in [1.165, 1.54) is 18.2 Å². The summed E-state index contributed by atoms with van der Waals surface area (Å²) in [4.78, 5) is 15.4. The minimum absolute atomic E-state index is 0.0326. The van der Waals surface area contributed by atoms with E-state index in [9.17, 15) is 4.79 Å². The molecule has 1 aromatic heterocycles. The largest absolute Gasteiger partial charge is 0.451 e. The van der Waals surface area contributed by atoms with Crippen LogP contribution in [0.15, 0.2) is 47.4 Å². The smallest absolute Gasteiger partial charge is 0.226 e. The summed E-state index contributed by atoms with van der Waals surface area (Å²) >= 11 is 0. The fourth-order valence-corrected chi connectivity index (χ4v) is 1.54. The van der Waals surface area contributed by atoms with Crippen molar-refractivity contribution in [2.24, 2.45) is 0 Å². The van der Waals surface area contributed by atoms with E-state index in [0.717, 1.165) is 6.42 Å². The van der Waals surface area contributed by atoms with E-state index < -0.39 is 0 Å². The van der Waals surface area contributed by atoms with Crippen LogP contribution in [0.1, 0.15) is 11.3 Å². The summed E-state index contributed by atoms with van der Waals surface area (Å²) in [7, 11) is 0. The van der Waals surface area contributed by atoms with Gasteiger partial charge in [0.25, 0.3) is 0 Å². The number of nitrogens with zero attached hydrogens (tertiary/aromatic N) is 1. The van der Waals surface area contributed by atoms with Gasteiger partial charge in [0.15, 0.2) is 6.39 Å². The van der Waals surface area contributed by atoms with Crippen LogP contribution in [-0.2, 0) is 17.6 Å². The highest BCUT2D eigenvalue weighted by Crippen LogP contribution is 1.99. The molecule has 4 nitrogen and oxygen atoms in total. The minimum atomic E-state index is -0.0326. The van der Waals surface area contributed by atoms with Crippen LogP contribution in [0.5, 0.6) is 0 Å². The second kappa shape index (κ2) is 5.84. The summed E-state index contributed by atoms with van der Waals surface area (Å²) in [5.41, 5.74) is 1.87. The van der Waals surface area contributed by atoms with E-state index in [-0.39, 0.29) is 12.3 Å². The summed E-state index contributed by atoms with van der Waals surface area (Å²) in [5, 5.41) is 2.85. The van der Waals surface area contributed by atoms with Crippen molar-refractivity contribution in [3.05, 3.63) is 54.2 Å². The highest BCUT2D eigenvalue weighted by molar-refractivity contribution is 5.77. The number of carbonyl (C=O) groups excluding carboxylic acids is 1. The predicted octanol–water partition coefficient (Wildman–Crippen LogP) is 1.58. The number of carbonyl (C=O) groups is 1. The molecule has 2 aromatic rings. The molecule has 0 aliphatic heterocycles. The molecule has 1 N–H and O–H groups in total. The summed E-state index contributed by atoms with van der Waals surface area (Å²) in [6, 6.07) is 10.1. The van der Waals surface area contributed by atoms with Gasteiger partial charge in [-0.15, -0.1) is 0 Å². The second-order valence-electron chi connectivity index (χ2n) is 3.74. The molecule has 1 aromatic carbocycles. The van der Waals surface area contributed by atoms with Crippen LogP contribution in [0, 0.1) is 0 Å². The van der Waals surface area contributed by atoms with Crippen molar-refractivity contribution in [3.63, 3.8) is 0 Å².